The molecule has 136 valence electrons. The van der Waals surface area contributed by atoms with Crippen LogP contribution in [-0.4, -0.2) is 36.5 Å². The van der Waals surface area contributed by atoms with Crippen LogP contribution in [0.1, 0.15) is 45.1 Å². The smallest absolute Gasteiger partial charge is 0.317 e. The van der Waals surface area contributed by atoms with Gasteiger partial charge in [-0.2, -0.15) is 0 Å². The zero-order valence-electron chi connectivity index (χ0n) is 15.0. The molecule has 2 rings (SSSR count). The number of carbonyl (C=O) groups is 2. The van der Waals surface area contributed by atoms with E-state index >= 15 is 0 Å². The van der Waals surface area contributed by atoms with Gasteiger partial charge >= 0.3 is 5.97 Å². The lowest BCUT2D eigenvalue weighted by Gasteiger charge is -2.28. The third-order valence-electron chi connectivity index (χ3n) is 4.77. The summed E-state index contributed by atoms with van der Waals surface area (Å²) in [4.78, 5) is 26.7. The molecule has 1 saturated carbocycles. The Hall–Kier alpha value is -2.17. The summed E-state index contributed by atoms with van der Waals surface area (Å²) >= 11 is 0. The second-order valence-electron chi connectivity index (χ2n) is 6.74. The Balaban J connectivity index is 2.07. The second-order valence-corrected chi connectivity index (χ2v) is 6.74. The summed E-state index contributed by atoms with van der Waals surface area (Å²) in [7, 11) is 0. The molecule has 0 atom stereocenters. The summed E-state index contributed by atoms with van der Waals surface area (Å²) in [6, 6.07) is 6.01. The monoisotopic (exact) mass is 347 g/mol. The summed E-state index contributed by atoms with van der Waals surface area (Å²) in [5.74, 6) is -0.957. The molecule has 0 radical (unpaired) electrons. The van der Waals surface area contributed by atoms with Crippen LogP contribution < -0.4 is 0 Å². The number of amides is 1. The number of esters is 1. The number of benzene rings is 1. The number of halogens is 1. The Morgan fingerprint density at radius 1 is 1.24 bits per heavy atom. The SMILES string of the molecule is C=C(C)CN(CC)C(=O)COC(=O)C1(c2ccc(F)cc2)CCCC1. The van der Waals surface area contributed by atoms with E-state index in [-0.39, 0.29) is 18.3 Å². The standard InChI is InChI=1S/C20H26FNO3/c1-4-22(13-15(2)3)18(23)14-25-19(24)20(11-5-6-12-20)16-7-9-17(21)10-8-16/h7-10H,2,4-6,11-14H2,1,3H3. The maximum atomic E-state index is 13.2. The highest BCUT2D eigenvalue weighted by Gasteiger charge is 2.44. The van der Waals surface area contributed by atoms with Gasteiger partial charge in [-0.3, -0.25) is 9.59 Å². The molecule has 1 aromatic rings. The van der Waals surface area contributed by atoms with E-state index < -0.39 is 11.4 Å². The molecule has 0 aliphatic heterocycles. The van der Waals surface area contributed by atoms with Crippen LogP contribution in [0.25, 0.3) is 0 Å². The highest BCUT2D eigenvalue weighted by atomic mass is 19.1. The molecular formula is C20H26FNO3. The predicted octanol–water partition coefficient (Wildman–Crippen LogP) is 3.61. The van der Waals surface area contributed by atoms with Crippen molar-refractivity contribution in [2.45, 2.75) is 44.9 Å². The third kappa shape index (κ3) is 4.47. The summed E-state index contributed by atoms with van der Waals surface area (Å²) in [5.41, 5.74) is 0.873. The van der Waals surface area contributed by atoms with Gasteiger partial charge in [-0.15, -0.1) is 0 Å². The topological polar surface area (TPSA) is 46.6 Å². The maximum absolute atomic E-state index is 13.2. The van der Waals surface area contributed by atoms with Crippen LogP contribution >= 0.6 is 0 Å². The van der Waals surface area contributed by atoms with E-state index in [4.69, 9.17) is 4.74 Å². The number of ether oxygens (including phenoxy) is 1. The van der Waals surface area contributed by atoms with E-state index in [0.717, 1.165) is 24.0 Å². The van der Waals surface area contributed by atoms with Crippen LogP contribution in [0.2, 0.25) is 0 Å². The average Bonchev–Trinajstić information content (AvgIpc) is 3.08. The summed E-state index contributed by atoms with van der Waals surface area (Å²) in [6.45, 7) is 8.25. The lowest BCUT2D eigenvalue weighted by atomic mass is 9.79. The molecular weight excluding hydrogens is 321 g/mol. The van der Waals surface area contributed by atoms with Gasteiger partial charge in [0.25, 0.3) is 5.91 Å². The Kier molecular flexibility index (Phi) is 6.34. The molecule has 1 aliphatic rings. The van der Waals surface area contributed by atoms with Gasteiger partial charge in [0, 0.05) is 13.1 Å². The van der Waals surface area contributed by atoms with Crippen molar-refractivity contribution in [3.05, 3.63) is 47.8 Å². The number of hydrogen-bond donors (Lipinski definition) is 0. The molecule has 1 amide bonds. The molecule has 0 spiro atoms. The fraction of sp³-hybridized carbons (Fsp3) is 0.500. The first-order valence-corrected chi connectivity index (χ1v) is 8.74. The van der Waals surface area contributed by atoms with Crippen LogP contribution in [0.5, 0.6) is 0 Å². The van der Waals surface area contributed by atoms with Gasteiger partial charge in [-0.05, 0) is 44.4 Å². The first kappa shape index (κ1) is 19.2. The van der Waals surface area contributed by atoms with Gasteiger partial charge in [0.1, 0.15) is 5.82 Å². The number of rotatable bonds is 7. The predicted molar refractivity (Wildman–Crippen MR) is 94.6 cm³/mol. The summed E-state index contributed by atoms with van der Waals surface area (Å²) in [5, 5.41) is 0. The van der Waals surface area contributed by atoms with Crippen molar-refractivity contribution in [1.82, 2.24) is 4.90 Å². The van der Waals surface area contributed by atoms with E-state index in [0.29, 0.717) is 25.9 Å². The second kappa shape index (κ2) is 8.28. The number of hydrogen-bond acceptors (Lipinski definition) is 3. The molecule has 4 nitrogen and oxygen atoms in total. The zero-order chi connectivity index (χ0) is 18.4. The minimum atomic E-state index is -0.765. The van der Waals surface area contributed by atoms with Crippen molar-refractivity contribution in [2.75, 3.05) is 19.7 Å². The van der Waals surface area contributed by atoms with Gasteiger partial charge < -0.3 is 9.64 Å². The number of likely N-dealkylation sites (N-methyl/N-ethyl adjacent to an activating group) is 1. The lowest BCUT2D eigenvalue weighted by Crippen LogP contribution is -2.39. The Morgan fingerprint density at radius 2 is 1.84 bits per heavy atom. The number of nitrogens with zero attached hydrogens (tertiary/aromatic N) is 1. The van der Waals surface area contributed by atoms with Gasteiger partial charge in [-0.25, -0.2) is 4.39 Å². The number of carbonyl (C=O) groups excluding carboxylic acids is 2. The Morgan fingerprint density at radius 3 is 2.36 bits per heavy atom. The average molecular weight is 347 g/mol. The summed E-state index contributed by atoms with van der Waals surface area (Å²) in [6.07, 6.45) is 3.15. The van der Waals surface area contributed by atoms with Gasteiger partial charge in [-0.1, -0.05) is 37.1 Å². The van der Waals surface area contributed by atoms with Crippen molar-refractivity contribution in [2.24, 2.45) is 0 Å². The molecule has 1 fully saturated rings. The fourth-order valence-electron chi connectivity index (χ4n) is 3.42. The van der Waals surface area contributed by atoms with E-state index in [1.54, 1.807) is 17.0 Å². The third-order valence-corrected chi connectivity index (χ3v) is 4.77. The minimum Gasteiger partial charge on any atom is -0.455 e. The quantitative estimate of drug-likeness (QED) is 0.559. The van der Waals surface area contributed by atoms with E-state index in [1.807, 2.05) is 13.8 Å². The first-order valence-electron chi connectivity index (χ1n) is 8.74. The highest BCUT2D eigenvalue weighted by molar-refractivity contribution is 5.86. The zero-order valence-corrected chi connectivity index (χ0v) is 15.0. The van der Waals surface area contributed by atoms with E-state index in [1.165, 1.54) is 12.1 Å². The minimum absolute atomic E-state index is 0.230. The van der Waals surface area contributed by atoms with Crippen molar-refractivity contribution in [3.63, 3.8) is 0 Å². The lowest BCUT2D eigenvalue weighted by molar-refractivity contribution is -0.157. The molecule has 25 heavy (non-hydrogen) atoms. The fourth-order valence-corrected chi connectivity index (χ4v) is 3.42. The molecule has 1 aromatic carbocycles. The molecule has 0 unspecified atom stereocenters. The van der Waals surface area contributed by atoms with E-state index in [2.05, 4.69) is 6.58 Å². The Bertz CT molecular complexity index is 633. The van der Waals surface area contributed by atoms with Crippen molar-refractivity contribution >= 4 is 11.9 Å². The molecule has 0 saturated heterocycles. The van der Waals surface area contributed by atoms with Crippen molar-refractivity contribution < 1.29 is 18.7 Å². The normalized spacial score (nSPS) is 15.6. The van der Waals surface area contributed by atoms with Gasteiger partial charge in [0.2, 0.25) is 0 Å². The van der Waals surface area contributed by atoms with Crippen LogP contribution in [0, 0.1) is 5.82 Å². The van der Waals surface area contributed by atoms with Crippen LogP contribution in [-0.2, 0) is 19.7 Å². The van der Waals surface area contributed by atoms with Crippen molar-refractivity contribution in [3.8, 4) is 0 Å². The molecule has 0 aromatic heterocycles. The largest absolute Gasteiger partial charge is 0.455 e. The van der Waals surface area contributed by atoms with Crippen LogP contribution in [0.15, 0.2) is 36.4 Å². The molecule has 5 heteroatoms. The Labute approximate surface area is 148 Å². The summed E-state index contributed by atoms with van der Waals surface area (Å²) < 4.78 is 18.6. The molecule has 0 bridgehead atoms. The van der Waals surface area contributed by atoms with Gasteiger partial charge in [0.15, 0.2) is 6.61 Å². The van der Waals surface area contributed by atoms with Crippen LogP contribution in [0.3, 0.4) is 0 Å². The van der Waals surface area contributed by atoms with Gasteiger partial charge in [0.05, 0.1) is 5.41 Å². The maximum Gasteiger partial charge on any atom is 0.317 e. The highest BCUT2D eigenvalue weighted by Crippen LogP contribution is 2.42. The van der Waals surface area contributed by atoms with E-state index in [9.17, 15) is 14.0 Å². The van der Waals surface area contributed by atoms with Crippen LogP contribution in [0.4, 0.5) is 4.39 Å². The first-order chi connectivity index (χ1) is 11.9. The van der Waals surface area contributed by atoms with Crippen molar-refractivity contribution in [1.29, 1.82) is 0 Å². The molecule has 0 heterocycles. The molecule has 1 aliphatic carbocycles. The molecule has 0 N–H and O–H groups in total.